The molecular weight excluding hydrogens is 430 g/mol. The van der Waals surface area contributed by atoms with Gasteiger partial charge in [-0.25, -0.2) is 0 Å². The fraction of sp³-hybridized carbons (Fsp3) is 0.556. The van der Waals surface area contributed by atoms with E-state index in [1.807, 2.05) is 20.0 Å². The van der Waals surface area contributed by atoms with Crippen LogP contribution < -0.4 is 10.9 Å². The first kappa shape index (κ1) is 23.1. The number of fused-ring (bicyclic) bond motifs is 4. The number of phenols is 1. The molecule has 2 heterocycles. The minimum absolute atomic E-state index is 0.00218. The normalized spacial score (nSPS) is 29.8. The number of aliphatic hydroxyl groups is 1. The SMILES string of the molecule is Cc1ccc(O)cc1C12Cc3[nH]c(=O)c(C(=O)NCCC(C)C)cc3CC1(O)C1[C@H](CN1C)C2. The predicted molar refractivity (Wildman–Crippen MR) is 130 cm³/mol. The predicted octanol–water partition coefficient (Wildman–Crippen LogP) is 2.27. The number of hydrogen-bond donors (Lipinski definition) is 4. The molecule has 1 amide bonds. The van der Waals surface area contributed by atoms with Gasteiger partial charge in [-0.15, -0.1) is 0 Å². The van der Waals surface area contributed by atoms with Crippen LogP contribution in [0.3, 0.4) is 0 Å². The number of aromatic hydroxyl groups is 1. The highest BCUT2D eigenvalue weighted by atomic mass is 16.3. The van der Waals surface area contributed by atoms with E-state index in [9.17, 15) is 19.8 Å². The van der Waals surface area contributed by atoms with Crippen molar-refractivity contribution in [1.29, 1.82) is 0 Å². The highest BCUT2D eigenvalue weighted by Gasteiger charge is 2.69. The Morgan fingerprint density at radius 1 is 1.29 bits per heavy atom. The van der Waals surface area contributed by atoms with Crippen LogP contribution in [0.1, 0.15) is 59.4 Å². The first-order chi connectivity index (χ1) is 16.1. The molecule has 5 rings (SSSR count). The number of carbonyl (C=O) groups excluding carboxylic acids is 1. The number of likely N-dealkylation sites (tertiary alicyclic amines) is 1. The first-order valence-corrected chi connectivity index (χ1v) is 12.3. The number of benzene rings is 1. The summed E-state index contributed by atoms with van der Waals surface area (Å²) in [5.41, 5.74) is 1.58. The van der Waals surface area contributed by atoms with Crippen molar-refractivity contribution in [3.63, 3.8) is 0 Å². The molecule has 2 aromatic rings. The molecule has 1 aromatic heterocycles. The van der Waals surface area contributed by atoms with Crippen LogP contribution in [-0.2, 0) is 18.3 Å². The summed E-state index contributed by atoms with van der Waals surface area (Å²) < 4.78 is 0. The average Bonchev–Trinajstić information content (AvgIpc) is 2.95. The molecule has 3 aliphatic rings. The topological polar surface area (TPSA) is 106 Å². The van der Waals surface area contributed by atoms with Crippen molar-refractivity contribution < 1.29 is 15.0 Å². The summed E-state index contributed by atoms with van der Waals surface area (Å²) in [7, 11) is 2.04. The molecule has 0 radical (unpaired) electrons. The van der Waals surface area contributed by atoms with Gasteiger partial charge in [-0.3, -0.25) is 14.5 Å². The Labute approximate surface area is 200 Å². The molecule has 0 bridgehead atoms. The third kappa shape index (κ3) is 3.32. The van der Waals surface area contributed by atoms with Gasteiger partial charge < -0.3 is 20.5 Å². The first-order valence-electron chi connectivity index (χ1n) is 12.3. The number of phenolic OH excluding ortho intramolecular Hbond substituents is 1. The molecule has 1 aromatic carbocycles. The number of hydrogen-bond acceptors (Lipinski definition) is 5. The van der Waals surface area contributed by atoms with Gasteiger partial charge in [0.1, 0.15) is 11.3 Å². The van der Waals surface area contributed by atoms with Gasteiger partial charge in [-0.05, 0) is 73.5 Å². The fourth-order valence-corrected chi connectivity index (χ4v) is 6.96. The molecule has 1 saturated carbocycles. The van der Waals surface area contributed by atoms with Gasteiger partial charge in [0.15, 0.2) is 0 Å². The lowest BCUT2D eigenvalue weighted by atomic mass is 9.59. The molecule has 1 aliphatic heterocycles. The number of nitrogens with one attached hydrogen (secondary N) is 2. The molecule has 3 unspecified atom stereocenters. The zero-order chi connectivity index (χ0) is 24.4. The number of rotatable bonds is 5. The van der Waals surface area contributed by atoms with Crippen LogP contribution >= 0.6 is 0 Å². The van der Waals surface area contributed by atoms with E-state index in [4.69, 9.17) is 0 Å². The molecule has 182 valence electrons. The molecule has 7 nitrogen and oxygen atoms in total. The zero-order valence-electron chi connectivity index (χ0n) is 20.4. The van der Waals surface area contributed by atoms with Crippen molar-refractivity contribution in [1.82, 2.24) is 15.2 Å². The van der Waals surface area contributed by atoms with Crippen molar-refractivity contribution in [2.75, 3.05) is 20.1 Å². The number of aromatic amines is 1. The van der Waals surface area contributed by atoms with E-state index in [1.165, 1.54) is 0 Å². The number of aromatic nitrogens is 1. The molecule has 4 N–H and O–H groups in total. The maximum absolute atomic E-state index is 12.9. The van der Waals surface area contributed by atoms with E-state index < -0.39 is 16.6 Å². The molecule has 7 heteroatoms. The number of aryl methyl sites for hydroxylation is 1. The Bertz CT molecular complexity index is 1200. The van der Waals surface area contributed by atoms with Crippen molar-refractivity contribution >= 4 is 5.91 Å². The van der Waals surface area contributed by atoms with Crippen LogP contribution in [0, 0.1) is 18.8 Å². The number of likely N-dealkylation sites (N-methyl/N-ethyl adjacent to an activating group) is 1. The summed E-state index contributed by atoms with van der Waals surface area (Å²) in [5.74, 6) is 0.608. The molecule has 2 aliphatic carbocycles. The molecular formula is C27H35N3O4. The molecule has 1 saturated heterocycles. The highest BCUT2D eigenvalue weighted by molar-refractivity contribution is 5.94. The van der Waals surface area contributed by atoms with Crippen LogP contribution in [0.25, 0.3) is 0 Å². The minimum atomic E-state index is -1.07. The van der Waals surface area contributed by atoms with Crippen molar-refractivity contribution in [3.05, 3.63) is 62.6 Å². The Balaban J connectivity index is 1.58. The second-order valence-corrected chi connectivity index (χ2v) is 11.2. The van der Waals surface area contributed by atoms with Gasteiger partial charge in [-0.1, -0.05) is 19.9 Å². The number of pyridine rings is 1. The summed E-state index contributed by atoms with van der Waals surface area (Å²) in [5, 5.41) is 25.6. The summed E-state index contributed by atoms with van der Waals surface area (Å²) in [6.07, 6.45) is 2.46. The van der Waals surface area contributed by atoms with E-state index in [0.717, 1.165) is 41.8 Å². The van der Waals surface area contributed by atoms with Gasteiger partial charge >= 0.3 is 0 Å². The van der Waals surface area contributed by atoms with Gasteiger partial charge in [0.05, 0.1) is 5.60 Å². The largest absolute Gasteiger partial charge is 0.508 e. The second-order valence-electron chi connectivity index (χ2n) is 11.2. The van der Waals surface area contributed by atoms with E-state index >= 15 is 0 Å². The molecule has 0 spiro atoms. The van der Waals surface area contributed by atoms with Crippen molar-refractivity contribution in [3.8, 4) is 5.75 Å². The average molecular weight is 466 g/mol. The monoisotopic (exact) mass is 465 g/mol. The minimum Gasteiger partial charge on any atom is -0.508 e. The summed E-state index contributed by atoms with van der Waals surface area (Å²) in [6, 6.07) is 7.03. The standard InChI is InChI=1S/C27H35N3O4/c1-15(2)7-8-28-24(32)20-9-17-12-27(34)23-18(14-30(23)4)11-26(27,13-22(17)29-25(20)33)21-10-19(31)6-5-16(21)3/h5-6,9-10,15,18,23,31,34H,7-8,11-14H2,1-4H3,(H,28,32)(H,29,33)/t18-,23?,26?,27?/m0/s1. The van der Waals surface area contributed by atoms with E-state index in [1.54, 1.807) is 18.2 Å². The highest BCUT2D eigenvalue weighted by Crippen LogP contribution is 2.61. The number of H-pyrrole nitrogens is 1. The third-order valence-corrected chi connectivity index (χ3v) is 8.51. The van der Waals surface area contributed by atoms with Crippen LogP contribution in [-0.4, -0.2) is 57.8 Å². The second kappa shape index (κ2) is 7.95. The summed E-state index contributed by atoms with van der Waals surface area (Å²) in [4.78, 5) is 30.9. The van der Waals surface area contributed by atoms with Gasteiger partial charge in [0.2, 0.25) is 0 Å². The van der Waals surface area contributed by atoms with Crippen LogP contribution in [0.5, 0.6) is 5.75 Å². The lowest BCUT2D eigenvalue weighted by molar-refractivity contribution is -0.108. The molecule has 2 fully saturated rings. The summed E-state index contributed by atoms with van der Waals surface area (Å²) >= 11 is 0. The maximum Gasteiger partial charge on any atom is 0.261 e. The Kier molecular flexibility index (Phi) is 5.41. The van der Waals surface area contributed by atoms with Crippen LogP contribution in [0.2, 0.25) is 0 Å². The molecule has 4 atom stereocenters. The van der Waals surface area contributed by atoms with Crippen molar-refractivity contribution in [2.45, 2.75) is 63.5 Å². The lowest BCUT2D eigenvalue weighted by Crippen LogP contribution is -2.67. The maximum atomic E-state index is 12.9. The van der Waals surface area contributed by atoms with E-state index in [-0.39, 0.29) is 23.3 Å². The van der Waals surface area contributed by atoms with E-state index in [2.05, 4.69) is 29.0 Å². The van der Waals surface area contributed by atoms with Crippen LogP contribution in [0.4, 0.5) is 0 Å². The van der Waals surface area contributed by atoms with Crippen molar-refractivity contribution in [2.24, 2.45) is 11.8 Å². The van der Waals surface area contributed by atoms with Crippen LogP contribution in [0.15, 0.2) is 29.1 Å². The zero-order valence-corrected chi connectivity index (χ0v) is 20.4. The van der Waals surface area contributed by atoms with Gasteiger partial charge in [-0.2, -0.15) is 0 Å². The van der Waals surface area contributed by atoms with E-state index in [0.29, 0.717) is 31.2 Å². The smallest absolute Gasteiger partial charge is 0.261 e. The Morgan fingerprint density at radius 3 is 2.76 bits per heavy atom. The lowest BCUT2D eigenvalue weighted by Gasteiger charge is -2.53. The Hall–Kier alpha value is -2.64. The molecule has 34 heavy (non-hydrogen) atoms. The Morgan fingerprint density at radius 2 is 2.06 bits per heavy atom. The van der Waals surface area contributed by atoms with Gasteiger partial charge in [0, 0.05) is 43.1 Å². The number of nitrogens with zero attached hydrogens (tertiary/aromatic N) is 1. The van der Waals surface area contributed by atoms with Gasteiger partial charge in [0.25, 0.3) is 11.5 Å². The quantitative estimate of drug-likeness (QED) is 0.542. The fourth-order valence-electron chi connectivity index (χ4n) is 6.96. The number of carbonyl (C=O) groups is 1. The summed E-state index contributed by atoms with van der Waals surface area (Å²) in [6.45, 7) is 7.63. The number of amides is 1. The third-order valence-electron chi connectivity index (χ3n) is 8.51.